The van der Waals surface area contributed by atoms with Crippen LogP contribution in [0, 0.1) is 0 Å². The molecule has 0 aliphatic carbocycles. The van der Waals surface area contributed by atoms with E-state index in [9.17, 15) is 9.59 Å². The van der Waals surface area contributed by atoms with Gasteiger partial charge in [0.2, 0.25) is 5.91 Å². The quantitative estimate of drug-likeness (QED) is 0.445. The van der Waals surface area contributed by atoms with E-state index >= 15 is 0 Å². The third kappa shape index (κ3) is 9.52. The zero-order valence-corrected chi connectivity index (χ0v) is 18.2. The Hall–Kier alpha value is -2.93. The molecule has 0 aliphatic heterocycles. The number of nitrogens with one attached hydrogen (secondary N) is 2. The Morgan fingerprint density at radius 1 is 0.967 bits per heavy atom. The molecule has 6 nitrogen and oxygen atoms in total. The van der Waals surface area contributed by atoms with Gasteiger partial charge >= 0.3 is 5.97 Å². The fraction of sp³-hybridized carbons (Fsp3) is 0.348. The van der Waals surface area contributed by atoms with Gasteiger partial charge in [0.05, 0.1) is 19.1 Å². The number of esters is 1. The third-order valence-corrected chi connectivity index (χ3v) is 4.30. The summed E-state index contributed by atoms with van der Waals surface area (Å²) in [4.78, 5) is 23.7. The van der Waals surface area contributed by atoms with E-state index in [-0.39, 0.29) is 30.0 Å². The molecule has 0 saturated heterocycles. The average molecular weight is 429 g/mol. The van der Waals surface area contributed by atoms with Gasteiger partial charge in [0.25, 0.3) is 0 Å². The van der Waals surface area contributed by atoms with Crippen LogP contribution >= 0.6 is 12.2 Å². The second-order valence-electron chi connectivity index (χ2n) is 7.00. The van der Waals surface area contributed by atoms with Crippen molar-refractivity contribution in [2.24, 2.45) is 0 Å². The van der Waals surface area contributed by atoms with Gasteiger partial charge in [-0.25, -0.2) is 0 Å². The highest BCUT2D eigenvalue weighted by Gasteiger charge is 2.10. The number of hydrogen-bond donors (Lipinski definition) is 2. The van der Waals surface area contributed by atoms with Gasteiger partial charge in [0, 0.05) is 19.4 Å². The molecule has 0 aliphatic rings. The summed E-state index contributed by atoms with van der Waals surface area (Å²) >= 11 is 5.13. The summed E-state index contributed by atoms with van der Waals surface area (Å²) in [6.45, 7) is 4.72. The molecule has 0 radical (unpaired) electrons. The SMILES string of the molecule is CC(C)Oc1ccc(CNC(=S)NC(=O)CCC(=O)OCCc2ccccc2)cc1. The lowest BCUT2D eigenvalue weighted by Gasteiger charge is -2.12. The van der Waals surface area contributed by atoms with E-state index in [2.05, 4.69) is 10.6 Å². The molecule has 2 rings (SSSR count). The molecule has 30 heavy (non-hydrogen) atoms. The highest BCUT2D eigenvalue weighted by Crippen LogP contribution is 2.13. The highest BCUT2D eigenvalue weighted by atomic mass is 32.1. The Balaban J connectivity index is 1.59. The Morgan fingerprint density at radius 2 is 1.67 bits per heavy atom. The number of carbonyl (C=O) groups excluding carboxylic acids is 2. The molecule has 0 saturated carbocycles. The number of thiocarbonyl (C=S) groups is 1. The van der Waals surface area contributed by atoms with E-state index in [1.54, 1.807) is 0 Å². The minimum atomic E-state index is -0.399. The van der Waals surface area contributed by atoms with Gasteiger partial charge in [-0.2, -0.15) is 0 Å². The van der Waals surface area contributed by atoms with E-state index in [4.69, 9.17) is 21.7 Å². The van der Waals surface area contributed by atoms with Crippen LogP contribution in [0.25, 0.3) is 0 Å². The molecule has 7 heteroatoms. The average Bonchev–Trinajstić information content (AvgIpc) is 2.72. The summed E-state index contributed by atoms with van der Waals surface area (Å²) < 4.78 is 10.8. The molecule has 0 heterocycles. The number of rotatable bonds is 10. The highest BCUT2D eigenvalue weighted by molar-refractivity contribution is 7.80. The fourth-order valence-electron chi connectivity index (χ4n) is 2.59. The Morgan fingerprint density at radius 3 is 2.33 bits per heavy atom. The molecule has 1 amide bonds. The van der Waals surface area contributed by atoms with Crippen molar-refractivity contribution in [1.29, 1.82) is 0 Å². The van der Waals surface area contributed by atoms with Crippen molar-refractivity contribution in [2.75, 3.05) is 6.61 Å². The van der Waals surface area contributed by atoms with Crippen molar-refractivity contribution < 1.29 is 19.1 Å². The maximum atomic E-state index is 11.9. The molecule has 0 atom stereocenters. The molecule has 0 bridgehead atoms. The Kier molecular flexibility index (Phi) is 9.80. The summed E-state index contributed by atoms with van der Waals surface area (Å²) in [5.74, 6) is 0.0807. The molecular formula is C23H28N2O4S. The van der Waals surface area contributed by atoms with Gasteiger partial charge in [-0.3, -0.25) is 9.59 Å². The van der Waals surface area contributed by atoms with Crippen molar-refractivity contribution in [3.63, 3.8) is 0 Å². The number of benzene rings is 2. The van der Waals surface area contributed by atoms with Gasteiger partial charge in [-0.05, 0) is 49.3 Å². The predicted molar refractivity (Wildman–Crippen MR) is 120 cm³/mol. The van der Waals surface area contributed by atoms with Crippen molar-refractivity contribution in [3.8, 4) is 5.75 Å². The maximum Gasteiger partial charge on any atom is 0.306 e. The standard InChI is InChI=1S/C23H28N2O4S/c1-17(2)29-20-10-8-19(9-11-20)16-24-23(30)25-21(26)12-13-22(27)28-15-14-18-6-4-3-5-7-18/h3-11,17H,12-16H2,1-2H3,(H2,24,25,26,30). The van der Waals surface area contributed by atoms with E-state index < -0.39 is 5.97 Å². The van der Waals surface area contributed by atoms with E-state index in [0.717, 1.165) is 16.9 Å². The van der Waals surface area contributed by atoms with Crippen LogP contribution in [-0.2, 0) is 27.3 Å². The lowest BCUT2D eigenvalue weighted by Crippen LogP contribution is -2.39. The van der Waals surface area contributed by atoms with Crippen molar-refractivity contribution in [2.45, 2.75) is 45.8 Å². The van der Waals surface area contributed by atoms with Crippen molar-refractivity contribution in [3.05, 3.63) is 65.7 Å². The van der Waals surface area contributed by atoms with Crippen LogP contribution in [-0.4, -0.2) is 29.7 Å². The van der Waals surface area contributed by atoms with Crippen LogP contribution in [0.3, 0.4) is 0 Å². The van der Waals surface area contributed by atoms with Gasteiger partial charge in [0.1, 0.15) is 5.75 Å². The molecule has 160 valence electrons. The summed E-state index contributed by atoms with van der Waals surface area (Å²) in [6, 6.07) is 17.4. The second kappa shape index (κ2) is 12.6. The smallest absolute Gasteiger partial charge is 0.306 e. The topological polar surface area (TPSA) is 76.7 Å². The zero-order valence-electron chi connectivity index (χ0n) is 17.4. The largest absolute Gasteiger partial charge is 0.491 e. The zero-order chi connectivity index (χ0) is 21.8. The molecule has 2 aromatic rings. The molecular weight excluding hydrogens is 400 g/mol. The minimum absolute atomic E-state index is 0.0144. The first kappa shape index (κ1) is 23.3. The van der Waals surface area contributed by atoms with Crippen LogP contribution in [0.4, 0.5) is 0 Å². The molecule has 0 spiro atoms. The van der Waals surface area contributed by atoms with Crippen LogP contribution in [0.5, 0.6) is 5.75 Å². The summed E-state index contributed by atoms with van der Waals surface area (Å²) in [6.07, 6.45) is 0.809. The summed E-state index contributed by atoms with van der Waals surface area (Å²) in [5.41, 5.74) is 2.10. The van der Waals surface area contributed by atoms with Crippen molar-refractivity contribution >= 4 is 29.2 Å². The molecule has 2 aromatic carbocycles. The van der Waals surface area contributed by atoms with Crippen LogP contribution in [0.15, 0.2) is 54.6 Å². The fourth-order valence-corrected chi connectivity index (χ4v) is 2.77. The summed E-state index contributed by atoms with van der Waals surface area (Å²) in [5, 5.41) is 5.77. The lowest BCUT2D eigenvalue weighted by molar-refractivity contribution is -0.144. The molecule has 0 fully saturated rings. The predicted octanol–water partition coefficient (Wildman–Crippen LogP) is 3.53. The Labute approximate surface area is 183 Å². The van der Waals surface area contributed by atoms with Crippen LogP contribution < -0.4 is 15.4 Å². The number of ether oxygens (including phenoxy) is 2. The first-order valence-corrected chi connectivity index (χ1v) is 10.4. The number of carbonyl (C=O) groups is 2. The monoisotopic (exact) mass is 428 g/mol. The van der Waals surface area contributed by atoms with Gasteiger partial charge < -0.3 is 20.1 Å². The molecule has 0 unspecified atom stereocenters. The second-order valence-corrected chi connectivity index (χ2v) is 7.41. The lowest BCUT2D eigenvalue weighted by atomic mass is 10.2. The van der Waals surface area contributed by atoms with Crippen molar-refractivity contribution in [1.82, 2.24) is 10.6 Å². The number of amides is 1. The first-order valence-electron chi connectivity index (χ1n) is 9.95. The first-order chi connectivity index (χ1) is 14.4. The molecule has 0 aromatic heterocycles. The summed E-state index contributed by atoms with van der Waals surface area (Å²) in [7, 11) is 0. The van der Waals surface area contributed by atoms with Gasteiger partial charge in [-0.15, -0.1) is 0 Å². The number of hydrogen-bond acceptors (Lipinski definition) is 5. The van der Waals surface area contributed by atoms with Crippen LogP contribution in [0.2, 0.25) is 0 Å². The van der Waals surface area contributed by atoms with Gasteiger partial charge in [-0.1, -0.05) is 42.5 Å². The molecule has 2 N–H and O–H groups in total. The van der Waals surface area contributed by atoms with E-state index in [1.165, 1.54) is 0 Å². The third-order valence-electron chi connectivity index (χ3n) is 4.05. The maximum absolute atomic E-state index is 11.9. The Bertz CT molecular complexity index is 823. The van der Waals surface area contributed by atoms with E-state index in [0.29, 0.717) is 19.6 Å². The van der Waals surface area contributed by atoms with E-state index in [1.807, 2.05) is 68.4 Å². The normalized spacial score (nSPS) is 10.4. The minimum Gasteiger partial charge on any atom is -0.491 e. The van der Waals surface area contributed by atoms with Gasteiger partial charge in [0.15, 0.2) is 5.11 Å². The van der Waals surface area contributed by atoms with Crippen LogP contribution in [0.1, 0.15) is 37.8 Å².